The Morgan fingerprint density at radius 2 is 0.809 bits per heavy atom. The van der Waals surface area contributed by atoms with Crippen LogP contribution < -0.4 is 16.0 Å². The molecule has 3 amide bonds. The van der Waals surface area contributed by atoms with Crippen molar-refractivity contribution >= 4 is 98.9 Å². The molecule has 0 saturated heterocycles. The van der Waals surface area contributed by atoms with Crippen LogP contribution in [0.4, 0.5) is 0 Å². The molecular formula is C96H114Cl7N9O3. The summed E-state index contributed by atoms with van der Waals surface area (Å²) in [4.78, 5) is 42.3. The molecule has 20 rings (SSSR count). The van der Waals surface area contributed by atoms with Crippen molar-refractivity contribution in [2.45, 2.75) is 283 Å². The van der Waals surface area contributed by atoms with Crippen LogP contribution in [0.15, 0.2) is 109 Å². The summed E-state index contributed by atoms with van der Waals surface area (Å²) in [5.74, 6) is 5.31. The molecule has 9 atom stereocenters. The second kappa shape index (κ2) is 33.3. The Morgan fingerprint density at radius 3 is 1.24 bits per heavy atom. The van der Waals surface area contributed by atoms with Crippen LogP contribution in [0.25, 0.3) is 11.4 Å². The van der Waals surface area contributed by atoms with Crippen LogP contribution in [0, 0.1) is 57.2 Å². The molecule has 7 unspecified atom stereocenters. The molecule has 9 saturated carbocycles. The van der Waals surface area contributed by atoms with Gasteiger partial charge in [0.25, 0.3) is 17.7 Å². The quantitative estimate of drug-likeness (QED) is 0.0873. The number of amides is 3. The van der Waals surface area contributed by atoms with Crippen LogP contribution >= 0.6 is 81.2 Å². The number of benzene rings is 5. The predicted molar refractivity (Wildman–Crippen MR) is 467 cm³/mol. The summed E-state index contributed by atoms with van der Waals surface area (Å²) in [6, 6.07) is 36.5. The average molecular weight is 1690 g/mol. The summed E-state index contributed by atoms with van der Waals surface area (Å²) in [6.45, 7) is 14.0. The van der Waals surface area contributed by atoms with Crippen LogP contribution in [0.2, 0.25) is 35.2 Å². The summed E-state index contributed by atoms with van der Waals surface area (Å²) < 4.78 is 6.23. The zero-order chi connectivity index (χ0) is 80.0. The highest BCUT2D eigenvalue weighted by atomic mass is 35.5. The van der Waals surface area contributed by atoms with E-state index in [0.717, 1.165) is 150 Å². The van der Waals surface area contributed by atoms with Crippen molar-refractivity contribution in [2.75, 3.05) is 0 Å². The molecule has 0 radical (unpaired) electrons. The minimum absolute atomic E-state index is 0.0610. The van der Waals surface area contributed by atoms with E-state index in [0.29, 0.717) is 73.2 Å². The molecule has 8 aromatic rings. The zero-order valence-corrected chi connectivity index (χ0v) is 73.2. The largest absolute Gasteiger partial charge is 0.347 e. The fourth-order valence-electron chi connectivity index (χ4n) is 25.2. The average Bonchev–Trinajstić information content (AvgIpc) is 1.57. The molecule has 5 aromatic carbocycles. The Bertz CT molecular complexity index is 4900. The van der Waals surface area contributed by atoms with Crippen molar-refractivity contribution in [3.05, 3.63) is 212 Å². The number of hydrogen-bond acceptors (Lipinski definition) is 6. The van der Waals surface area contributed by atoms with E-state index < -0.39 is 0 Å². The van der Waals surface area contributed by atoms with Crippen molar-refractivity contribution in [1.29, 1.82) is 0 Å². The maximum atomic E-state index is 14.1. The molecule has 0 spiro atoms. The molecule has 3 heterocycles. The van der Waals surface area contributed by atoms with Gasteiger partial charge >= 0.3 is 0 Å². The van der Waals surface area contributed by atoms with Crippen molar-refractivity contribution in [3.8, 4) is 11.4 Å². The van der Waals surface area contributed by atoms with Gasteiger partial charge in [-0.3, -0.25) is 19.1 Å². The SMILES string of the molecule is CC12CCC(C1)C(C)(C)[C@H]2NC(=O)c1nn(-c2ccc(Cl)cc2Cl)c2c1CCCCC2Cc1ccc(Cl)cc1.CC12CCC(C1)C(C)(C)[C@H]2NC(=O)c1nn(-c2ccc(Cl)cc2Cl)c2c1CCCCC2Cc1cccc(Cl)c1.O=C(NC1C2CC3CC(C2)CC1C3)c1nn(C2CCCCC2)c2c1CCCCC2Cc1ccc(Cl)cc1. The highest BCUT2D eigenvalue weighted by molar-refractivity contribution is 6.36. The van der Waals surface area contributed by atoms with Gasteiger partial charge in [0.2, 0.25) is 0 Å². The number of carbonyl (C=O) groups is 3. The lowest BCUT2D eigenvalue weighted by Crippen LogP contribution is -2.56. The van der Waals surface area contributed by atoms with E-state index in [2.05, 4.69) is 92.5 Å². The van der Waals surface area contributed by atoms with Crippen LogP contribution in [0.5, 0.6) is 0 Å². The van der Waals surface area contributed by atoms with Gasteiger partial charge in [0.15, 0.2) is 17.1 Å². The number of rotatable bonds is 15. The first-order chi connectivity index (χ1) is 55.2. The van der Waals surface area contributed by atoms with Gasteiger partial charge in [0.05, 0.1) is 38.8 Å². The fraction of sp³-hybridized carbons (Fsp3) is 0.562. The third-order valence-corrected chi connectivity index (χ3v) is 32.4. The van der Waals surface area contributed by atoms with Gasteiger partial charge in [-0.2, -0.15) is 15.3 Å². The monoisotopic (exact) mass is 1690 g/mol. The van der Waals surface area contributed by atoms with E-state index in [9.17, 15) is 14.4 Å². The van der Waals surface area contributed by atoms with Crippen LogP contribution in [-0.2, 0) is 38.5 Å². The van der Waals surface area contributed by atoms with Gasteiger partial charge in [-0.25, -0.2) is 9.36 Å². The van der Waals surface area contributed by atoms with E-state index in [1.54, 1.807) is 12.1 Å². The third-order valence-electron chi connectivity index (χ3n) is 30.6. The number of nitrogens with one attached hydrogen (secondary N) is 3. The molecule has 610 valence electrons. The number of hydrogen-bond donors (Lipinski definition) is 3. The Morgan fingerprint density at radius 1 is 0.409 bits per heavy atom. The summed E-state index contributed by atoms with van der Waals surface area (Å²) in [7, 11) is 0. The normalized spacial score (nSPS) is 29.2. The van der Waals surface area contributed by atoms with Gasteiger partial charge in [-0.1, -0.05) is 198 Å². The van der Waals surface area contributed by atoms with Crippen molar-refractivity contribution < 1.29 is 14.4 Å². The topological polar surface area (TPSA) is 141 Å². The fourth-order valence-corrected chi connectivity index (χ4v) is 26.6. The maximum Gasteiger partial charge on any atom is 0.272 e. The smallest absolute Gasteiger partial charge is 0.272 e. The first-order valence-corrected chi connectivity index (χ1v) is 46.3. The second-order valence-electron chi connectivity index (χ2n) is 38.8. The molecule has 8 bridgehead atoms. The van der Waals surface area contributed by atoms with Gasteiger partial charge in [0, 0.05) is 83.4 Å². The van der Waals surface area contributed by atoms with E-state index in [4.69, 9.17) is 96.5 Å². The Labute approximate surface area is 716 Å². The molecule has 0 aliphatic heterocycles. The summed E-state index contributed by atoms with van der Waals surface area (Å²) >= 11 is 44.7. The molecule has 3 N–H and O–H groups in total. The molecule has 12 aliphatic carbocycles. The summed E-state index contributed by atoms with van der Waals surface area (Å²) in [5.41, 5.74) is 14.4. The standard InChI is InChI=1S/2C32H36Cl3N3O.C32H42ClN3O/c1-31(2)21-13-14-32(3,18-21)30(31)36-29(39)27-24-10-5-4-8-20(15-19-7-6-9-22(33)16-19)28(24)38(37-27)26-12-11-23(34)17-25(26)35;1-31(2)21-14-15-32(3,18-21)30(31)36-29(39)27-24-7-5-4-6-20(16-19-8-10-22(33)11-9-19)28(24)38(37-27)26-13-12-23(34)17-25(26)35;33-26-12-10-20(11-13-26)15-23-6-4-5-9-28-30(35-36(31(23)28)27-7-2-1-3-8-27)32(37)34-29-24-16-21-14-22(18-24)19-25(29)17-21/h6-7,9,11-12,16-17,20-21,30H,4-5,8,10,13-15,18H2,1-3H3,(H,36,39);8-13,17,20-21,30H,4-7,14-16,18H2,1-3H3,(H,36,39);10-13,21-25,27,29H,1-9,14-19H2,(H,34,37)/t2*20?,21?,30-,32?;/m11./s1. The molecule has 12 nitrogen and oxygen atoms in total. The zero-order valence-electron chi connectivity index (χ0n) is 67.9. The van der Waals surface area contributed by atoms with Gasteiger partial charge < -0.3 is 16.0 Å². The third kappa shape index (κ3) is 16.3. The number of aromatic nitrogens is 6. The minimum Gasteiger partial charge on any atom is -0.347 e. The lowest BCUT2D eigenvalue weighted by molar-refractivity contribution is -0.0120. The minimum atomic E-state index is -0.0645. The summed E-state index contributed by atoms with van der Waals surface area (Å²) in [6.07, 6.45) is 35.3. The van der Waals surface area contributed by atoms with E-state index >= 15 is 0 Å². The van der Waals surface area contributed by atoms with E-state index in [1.807, 2.05) is 76.1 Å². The van der Waals surface area contributed by atoms with E-state index in [-0.39, 0.29) is 63.3 Å². The number of carbonyl (C=O) groups excluding carboxylic acids is 3. The number of halogens is 7. The van der Waals surface area contributed by atoms with Crippen molar-refractivity contribution in [2.24, 2.45) is 57.2 Å². The second-order valence-corrected chi connectivity index (χ2v) is 41.8. The summed E-state index contributed by atoms with van der Waals surface area (Å²) in [5, 5.41) is 30.3. The Hall–Kier alpha value is -5.83. The predicted octanol–water partition coefficient (Wildman–Crippen LogP) is 25.3. The van der Waals surface area contributed by atoms with Gasteiger partial charge in [-0.05, 0) is 307 Å². The van der Waals surface area contributed by atoms with Crippen LogP contribution in [0.3, 0.4) is 0 Å². The first kappa shape index (κ1) is 81.5. The van der Waals surface area contributed by atoms with E-state index in [1.165, 1.54) is 144 Å². The van der Waals surface area contributed by atoms with Crippen LogP contribution in [0.1, 0.15) is 308 Å². The molecule has 12 aliphatic rings. The highest BCUT2D eigenvalue weighted by Crippen LogP contribution is 2.64. The number of fused-ring (bicyclic) bond motifs is 7. The molecule has 115 heavy (non-hydrogen) atoms. The van der Waals surface area contributed by atoms with Crippen LogP contribution in [-0.4, -0.2) is 65.2 Å². The lowest BCUT2D eigenvalue weighted by Gasteiger charge is -2.54. The molecular weight excluding hydrogens is 1580 g/mol. The van der Waals surface area contributed by atoms with Gasteiger partial charge in [0.1, 0.15) is 0 Å². The Kier molecular flexibility index (Phi) is 23.6. The van der Waals surface area contributed by atoms with Gasteiger partial charge in [-0.15, -0.1) is 0 Å². The lowest BCUT2D eigenvalue weighted by atomic mass is 9.54. The van der Waals surface area contributed by atoms with Crippen molar-refractivity contribution in [1.82, 2.24) is 45.3 Å². The highest BCUT2D eigenvalue weighted by Gasteiger charge is 2.61. The maximum absolute atomic E-state index is 14.1. The molecule has 19 heteroatoms. The first-order valence-electron chi connectivity index (χ1n) is 43.7. The molecule has 9 fully saturated rings. The van der Waals surface area contributed by atoms with Crippen molar-refractivity contribution in [3.63, 3.8) is 0 Å². The number of nitrogens with zero attached hydrogens (tertiary/aromatic N) is 6. The molecule has 3 aromatic heterocycles. The Balaban J connectivity index is 0.000000124.